The van der Waals surface area contributed by atoms with Crippen LogP contribution >= 0.6 is 23.4 Å². The molecule has 0 spiro atoms. The number of nitro groups is 1. The van der Waals surface area contributed by atoms with E-state index in [1.54, 1.807) is 18.2 Å². The van der Waals surface area contributed by atoms with Gasteiger partial charge in [-0.3, -0.25) is 24.6 Å². The number of thioether (sulfide) groups is 1. The number of ether oxygens (including phenoxy) is 2. The molecular formula is C26H21ClN2O6S. The molecule has 184 valence electrons. The number of non-ortho nitro benzene ring substituents is 1. The first kappa shape index (κ1) is 25.3. The van der Waals surface area contributed by atoms with Crippen molar-refractivity contribution in [3.05, 3.63) is 103 Å². The number of amides is 2. The molecule has 0 bridgehead atoms. The first-order valence-corrected chi connectivity index (χ1v) is 12.0. The lowest BCUT2D eigenvalue weighted by atomic mass is 10.1. The Kier molecular flexibility index (Phi) is 7.61. The predicted molar refractivity (Wildman–Crippen MR) is 138 cm³/mol. The van der Waals surface area contributed by atoms with Gasteiger partial charge in [0.1, 0.15) is 6.61 Å². The third kappa shape index (κ3) is 5.69. The summed E-state index contributed by atoms with van der Waals surface area (Å²) in [5.74, 6) is 0.312. The largest absolute Gasteiger partial charge is 0.493 e. The Bertz CT molecular complexity index is 1360. The summed E-state index contributed by atoms with van der Waals surface area (Å²) in [4.78, 5) is 37.1. The van der Waals surface area contributed by atoms with E-state index in [4.69, 9.17) is 21.1 Å². The van der Waals surface area contributed by atoms with E-state index in [2.05, 4.69) is 0 Å². The number of benzene rings is 3. The zero-order chi connectivity index (χ0) is 25.8. The van der Waals surface area contributed by atoms with E-state index in [0.29, 0.717) is 34.3 Å². The number of nitro benzene ring substituents is 1. The van der Waals surface area contributed by atoms with Gasteiger partial charge in [-0.2, -0.15) is 0 Å². The molecule has 1 aliphatic rings. The highest BCUT2D eigenvalue weighted by molar-refractivity contribution is 8.18. The zero-order valence-corrected chi connectivity index (χ0v) is 21.0. The quantitative estimate of drug-likeness (QED) is 0.191. The van der Waals surface area contributed by atoms with Gasteiger partial charge in [-0.1, -0.05) is 53.6 Å². The molecule has 0 saturated carbocycles. The highest BCUT2D eigenvalue weighted by Crippen LogP contribution is 2.39. The maximum Gasteiger partial charge on any atom is 0.293 e. The van der Waals surface area contributed by atoms with Crippen molar-refractivity contribution in [3.63, 3.8) is 0 Å². The molecule has 0 N–H and O–H groups in total. The molecule has 0 radical (unpaired) electrons. The minimum absolute atomic E-state index is 0.00979. The van der Waals surface area contributed by atoms with E-state index in [9.17, 15) is 19.7 Å². The molecule has 36 heavy (non-hydrogen) atoms. The summed E-state index contributed by atoms with van der Waals surface area (Å²) in [7, 11) is 1.49. The van der Waals surface area contributed by atoms with Crippen molar-refractivity contribution in [1.82, 2.24) is 4.90 Å². The Balaban J connectivity index is 1.50. The van der Waals surface area contributed by atoms with Crippen LogP contribution in [0.1, 0.15) is 22.3 Å². The highest BCUT2D eigenvalue weighted by Gasteiger charge is 2.35. The van der Waals surface area contributed by atoms with E-state index in [-0.39, 0.29) is 17.1 Å². The zero-order valence-electron chi connectivity index (χ0n) is 19.4. The van der Waals surface area contributed by atoms with Crippen LogP contribution < -0.4 is 9.47 Å². The van der Waals surface area contributed by atoms with E-state index in [1.807, 2.05) is 31.2 Å². The van der Waals surface area contributed by atoms with Crippen LogP contribution in [-0.4, -0.2) is 28.1 Å². The lowest BCUT2D eigenvalue weighted by Crippen LogP contribution is -2.27. The molecule has 0 aliphatic carbocycles. The van der Waals surface area contributed by atoms with Crippen molar-refractivity contribution in [3.8, 4) is 11.5 Å². The second kappa shape index (κ2) is 10.8. The molecule has 3 aromatic carbocycles. The van der Waals surface area contributed by atoms with Crippen LogP contribution in [0.2, 0.25) is 5.02 Å². The monoisotopic (exact) mass is 524 g/mol. The Morgan fingerprint density at radius 2 is 1.72 bits per heavy atom. The number of carbonyl (C=O) groups is 2. The minimum atomic E-state index is -0.509. The van der Waals surface area contributed by atoms with Crippen molar-refractivity contribution in [2.24, 2.45) is 0 Å². The summed E-state index contributed by atoms with van der Waals surface area (Å²) < 4.78 is 11.4. The average molecular weight is 525 g/mol. The van der Waals surface area contributed by atoms with E-state index in [1.165, 1.54) is 31.4 Å². The van der Waals surface area contributed by atoms with Crippen LogP contribution in [-0.2, 0) is 17.9 Å². The van der Waals surface area contributed by atoms with Crippen LogP contribution in [0.15, 0.2) is 65.6 Å². The van der Waals surface area contributed by atoms with Gasteiger partial charge >= 0.3 is 0 Å². The second-order valence-corrected chi connectivity index (χ2v) is 9.40. The van der Waals surface area contributed by atoms with Crippen molar-refractivity contribution < 1.29 is 24.0 Å². The first-order valence-electron chi connectivity index (χ1n) is 10.8. The molecule has 0 atom stereocenters. The SMILES string of the molecule is COc1cc(/C=C2\SC(=O)N(Cc3ccc([N+](=O)[O-])cc3)C2=O)cc(Cl)c1OCc1ccc(C)cc1. The number of imide groups is 1. The number of rotatable bonds is 8. The minimum Gasteiger partial charge on any atom is -0.493 e. The molecule has 1 heterocycles. The fourth-order valence-corrected chi connectivity index (χ4v) is 4.61. The normalized spacial score (nSPS) is 14.4. The number of nitrogens with zero attached hydrogens (tertiary/aromatic N) is 2. The lowest BCUT2D eigenvalue weighted by molar-refractivity contribution is -0.384. The fourth-order valence-electron chi connectivity index (χ4n) is 3.50. The number of methoxy groups -OCH3 is 1. The topological polar surface area (TPSA) is 99.0 Å². The molecule has 2 amide bonds. The van der Waals surface area contributed by atoms with Gasteiger partial charge in [-0.25, -0.2) is 0 Å². The van der Waals surface area contributed by atoms with Crippen molar-refractivity contribution in [2.75, 3.05) is 7.11 Å². The number of hydrogen-bond donors (Lipinski definition) is 0. The Labute approximate surface area is 216 Å². The van der Waals surface area contributed by atoms with Crippen LogP contribution in [0.5, 0.6) is 11.5 Å². The Morgan fingerprint density at radius 3 is 2.36 bits per heavy atom. The molecule has 10 heteroatoms. The van der Waals surface area contributed by atoms with Gasteiger partial charge in [0.05, 0.1) is 28.5 Å². The van der Waals surface area contributed by atoms with Crippen LogP contribution in [0.4, 0.5) is 10.5 Å². The first-order chi connectivity index (χ1) is 17.2. The highest BCUT2D eigenvalue weighted by atomic mass is 35.5. The molecule has 0 unspecified atom stereocenters. The number of hydrogen-bond acceptors (Lipinski definition) is 7. The average Bonchev–Trinajstić information content (AvgIpc) is 3.11. The molecule has 3 aromatic rings. The van der Waals surface area contributed by atoms with Gasteiger partial charge in [0, 0.05) is 12.1 Å². The van der Waals surface area contributed by atoms with E-state index < -0.39 is 16.1 Å². The van der Waals surface area contributed by atoms with Gasteiger partial charge in [-0.05, 0) is 53.6 Å². The third-order valence-corrected chi connectivity index (χ3v) is 6.60. The summed E-state index contributed by atoms with van der Waals surface area (Å²) >= 11 is 7.29. The maximum atomic E-state index is 12.9. The second-order valence-electron chi connectivity index (χ2n) is 8.00. The Hall–Kier alpha value is -3.82. The van der Waals surface area contributed by atoms with Crippen molar-refractivity contribution in [1.29, 1.82) is 0 Å². The van der Waals surface area contributed by atoms with Gasteiger partial charge in [-0.15, -0.1) is 0 Å². The smallest absolute Gasteiger partial charge is 0.293 e. The summed E-state index contributed by atoms with van der Waals surface area (Å²) in [5.41, 5.74) is 3.23. The molecule has 1 saturated heterocycles. The van der Waals surface area contributed by atoms with Gasteiger partial charge in [0.25, 0.3) is 16.8 Å². The van der Waals surface area contributed by atoms with Crippen molar-refractivity contribution >= 4 is 46.3 Å². The van der Waals surface area contributed by atoms with Crippen LogP contribution in [0.3, 0.4) is 0 Å². The van der Waals surface area contributed by atoms with E-state index in [0.717, 1.165) is 27.8 Å². The lowest BCUT2D eigenvalue weighted by Gasteiger charge is -2.14. The van der Waals surface area contributed by atoms with E-state index >= 15 is 0 Å². The van der Waals surface area contributed by atoms with Crippen LogP contribution in [0.25, 0.3) is 6.08 Å². The number of carbonyl (C=O) groups excluding carboxylic acids is 2. The molecule has 0 aromatic heterocycles. The van der Waals surface area contributed by atoms with Gasteiger partial charge in [0.2, 0.25) is 0 Å². The summed E-state index contributed by atoms with van der Waals surface area (Å²) in [6.07, 6.45) is 1.57. The molecule has 1 aliphatic heterocycles. The molecule has 1 fully saturated rings. The summed E-state index contributed by atoms with van der Waals surface area (Å²) in [5, 5.41) is 10.7. The van der Waals surface area contributed by atoms with Gasteiger partial charge < -0.3 is 9.47 Å². The fraction of sp³-hybridized carbons (Fsp3) is 0.154. The molecular weight excluding hydrogens is 504 g/mol. The molecule has 4 rings (SSSR count). The van der Waals surface area contributed by atoms with Crippen LogP contribution in [0, 0.1) is 17.0 Å². The Morgan fingerprint density at radius 1 is 1.06 bits per heavy atom. The predicted octanol–water partition coefficient (Wildman–Crippen LogP) is 6.38. The number of halogens is 1. The molecule has 8 nitrogen and oxygen atoms in total. The van der Waals surface area contributed by atoms with Gasteiger partial charge in [0.15, 0.2) is 11.5 Å². The maximum absolute atomic E-state index is 12.9. The number of aryl methyl sites for hydroxylation is 1. The third-order valence-electron chi connectivity index (χ3n) is 5.41. The summed E-state index contributed by atoms with van der Waals surface area (Å²) in [6.45, 7) is 2.32. The standard InChI is InChI=1S/C26H21ClN2O6S/c1-16-3-5-18(6-4-16)15-35-24-21(27)11-19(12-22(24)34-2)13-23-25(30)28(26(31)36-23)14-17-7-9-20(10-8-17)29(32)33/h3-13H,14-15H2,1-2H3/b23-13-. The summed E-state index contributed by atoms with van der Waals surface area (Å²) in [6, 6.07) is 17.0. The van der Waals surface area contributed by atoms with Crippen molar-refractivity contribution in [2.45, 2.75) is 20.1 Å².